The molecule has 1 heterocycles. The number of anilines is 1. The fourth-order valence-corrected chi connectivity index (χ4v) is 3.55. The first-order valence-corrected chi connectivity index (χ1v) is 9.95. The average molecular weight is 422 g/mol. The number of ether oxygens (including phenoxy) is 1. The molecule has 4 rings (SSSR count). The molecule has 0 radical (unpaired) electrons. The molecule has 1 N–H and O–H groups in total. The molecule has 0 aliphatic carbocycles. The largest absolute Gasteiger partial charge is 0.489 e. The molecule has 4 nitrogen and oxygen atoms in total. The van der Waals surface area contributed by atoms with Gasteiger partial charge in [0, 0.05) is 16.6 Å². The van der Waals surface area contributed by atoms with Gasteiger partial charge in [0.1, 0.15) is 34.7 Å². The summed E-state index contributed by atoms with van der Waals surface area (Å²) in [5, 5.41) is 5.01. The number of carbonyl (C=O) groups excluding carboxylic acids is 1. The van der Waals surface area contributed by atoms with Crippen molar-refractivity contribution in [2.75, 3.05) is 5.32 Å². The lowest BCUT2D eigenvalue weighted by atomic mass is 10.2. The highest BCUT2D eigenvalue weighted by Crippen LogP contribution is 2.27. The predicted octanol–water partition coefficient (Wildman–Crippen LogP) is 5.92. The monoisotopic (exact) mass is 422 g/mol. The maximum absolute atomic E-state index is 13.3. The van der Waals surface area contributed by atoms with Gasteiger partial charge in [0.2, 0.25) is 0 Å². The molecule has 4 aromatic rings. The van der Waals surface area contributed by atoms with Gasteiger partial charge in [-0.2, -0.15) is 0 Å². The quantitative estimate of drug-likeness (QED) is 0.420. The molecule has 7 heteroatoms. The van der Waals surface area contributed by atoms with Crippen LogP contribution in [0.2, 0.25) is 0 Å². The van der Waals surface area contributed by atoms with E-state index in [-0.39, 0.29) is 29.8 Å². The zero-order chi connectivity index (χ0) is 20.9. The van der Waals surface area contributed by atoms with Gasteiger partial charge in [-0.05, 0) is 54.1 Å². The summed E-state index contributed by atoms with van der Waals surface area (Å²) in [4.78, 5) is 16.8. The molecule has 0 aliphatic rings. The summed E-state index contributed by atoms with van der Waals surface area (Å²) in [6, 6.07) is 19.1. The third-order valence-electron chi connectivity index (χ3n) is 4.21. The van der Waals surface area contributed by atoms with E-state index in [0.29, 0.717) is 16.4 Å². The van der Waals surface area contributed by atoms with E-state index in [4.69, 9.17) is 4.74 Å². The second-order valence-corrected chi connectivity index (χ2v) is 7.30. The highest BCUT2D eigenvalue weighted by Gasteiger charge is 2.13. The number of amides is 1. The van der Waals surface area contributed by atoms with Crippen LogP contribution in [0.4, 0.5) is 14.5 Å². The molecular weight excluding hydrogens is 406 g/mol. The minimum absolute atomic E-state index is 0.240. The Hall–Kier alpha value is -3.58. The number of carbonyl (C=O) groups is 1. The van der Waals surface area contributed by atoms with Crippen molar-refractivity contribution in [2.45, 2.75) is 6.61 Å². The number of nitrogens with one attached hydrogen (secondary N) is 1. The third kappa shape index (κ3) is 4.87. The van der Waals surface area contributed by atoms with Crippen LogP contribution < -0.4 is 10.1 Å². The van der Waals surface area contributed by atoms with Crippen molar-refractivity contribution in [3.8, 4) is 16.3 Å². The molecule has 1 aromatic heterocycles. The molecule has 3 aromatic carbocycles. The number of thiazole rings is 1. The second kappa shape index (κ2) is 8.84. The van der Waals surface area contributed by atoms with Crippen LogP contribution in [0.25, 0.3) is 10.6 Å². The number of benzene rings is 3. The van der Waals surface area contributed by atoms with Gasteiger partial charge in [-0.3, -0.25) is 4.79 Å². The van der Waals surface area contributed by atoms with E-state index in [1.165, 1.54) is 47.7 Å². The van der Waals surface area contributed by atoms with Crippen molar-refractivity contribution in [3.05, 3.63) is 101 Å². The standard InChI is InChI=1S/C23H16F2N2O2S/c24-17-7-9-19(10-8-17)26-22(28)21-14-30-23(27-21)16-4-2-6-20(12-16)29-13-15-3-1-5-18(25)11-15/h1-12,14H,13H2,(H,26,28). The van der Waals surface area contributed by atoms with Gasteiger partial charge in [0.25, 0.3) is 5.91 Å². The van der Waals surface area contributed by atoms with Gasteiger partial charge in [-0.25, -0.2) is 13.8 Å². The first kappa shape index (κ1) is 19.7. The van der Waals surface area contributed by atoms with Crippen LogP contribution in [0, 0.1) is 11.6 Å². The molecule has 30 heavy (non-hydrogen) atoms. The van der Waals surface area contributed by atoms with E-state index < -0.39 is 0 Å². The number of nitrogens with zero attached hydrogens (tertiary/aromatic N) is 1. The van der Waals surface area contributed by atoms with Gasteiger partial charge in [0.15, 0.2) is 0 Å². The molecule has 0 aliphatic heterocycles. The van der Waals surface area contributed by atoms with E-state index in [0.717, 1.165) is 11.1 Å². The summed E-state index contributed by atoms with van der Waals surface area (Å²) >= 11 is 1.33. The predicted molar refractivity (Wildman–Crippen MR) is 113 cm³/mol. The van der Waals surface area contributed by atoms with Crippen LogP contribution in [-0.2, 0) is 6.61 Å². The van der Waals surface area contributed by atoms with E-state index in [1.54, 1.807) is 23.6 Å². The van der Waals surface area contributed by atoms with E-state index in [9.17, 15) is 13.6 Å². The number of hydrogen-bond acceptors (Lipinski definition) is 4. The van der Waals surface area contributed by atoms with E-state index in [1.807, 2.05) is 18.2 Å². The molecule has 0 spiro atoms. The minimum Gasteiger partial charge on any atom is -0.489 e. The highest BCUT2D eigenvalue weighted by molar-refractivity contribution is 7.13. The number of aromatic nitrogens is 1. The van der Waals surface area contributed by atoms with Crippen LogP contribution in [0.15, 0.2) is 78.2 Å². The fourth-order valence-electron chi connectivity index (χ4n) is 2.75. The molecule has 1 amide bonds. The Kier molecular flexibility index (Phi) is 5.81. The van der Waals surface area contributed by atoms with Crippen molar-refractivity contribution in [1.29, 1.82) is 0 Å². The normalized spacial score (nSPS) is 10.6. The molecular formula is C23H16F2N2O2S. The van der Waals surface area contributed by atoms with Gasteiger partial charge >= 0.3 is 0 Å². The molecule has 150 valence electrons. The van der Waals surface area contributed by atoms with E-state index >= 15 is 0 Å². The molecule has 0 unspecified atom stereocenters. The summed E-state index contributed by atoms with van der Waals surface area (Å²) in [6.45, 7) is 0.240. The van der Waals surface area contributed by atoms with Gasteiger partial charge in [-0.1, -0.05) is 24.3 Å². The van der Waals surface area contributed by atoms with Crippen molar-refractivity contribution < 1.29 is 18.3 Å². The first-order valence-electron chi connectivity index (χ1n) is 9.07. The van der Waals surface area contributed by atoms with Crippen LogP contribution >= 0.6 is 11.3 Å². The SMILES string of the molecule is O=C(Nc1ccc(F)cc1)c1csc(-c2cccc(OCc3cccc(F)c3)c2)n1. The molecule has 0 saturated carbocycles. The Bertz CT molecular complexity index is 1180. The minimum atomic E-state index is -0.373. The highest BCUT2D eigenvalue weighted by atomic mass is 32.1. The zero-order valence-electron chi connectivity index (χ0n) is 15.6. The van der Waals surface area contributed by atoms with Crippen LogP contribution in [0.1, 0.15) is 16.1 Å². The van der Waals surface area contributed by atoms with Crippen molar-refractivity contribution >= 4 is 22.9 Å². The maximum Gasteiger partial charge on any atom is 0.275 e. The lowest BCUT2D eigenvalue weighted by molar-refractivity contribution is 0.102. The van der Waals surface area contributed by atoms with Crippen molar-refractivity contribution in [2.24, 2.45) is 0 Å². The summed E-state index contributed by atoms with van der Waals surface area (Å²) in [6.07, 6.45) is 0. The molecule has 0 atom stereocenters. The van der Waals surface area contributed by atoms with Gasteiger partial charge in [-0.15, -0.1) is 11.3 Å². The number of halogens is 2. The second-order valence-electron chi connectivity index (χ2n) is 6.45. The summed E-state index contributed by atoms with van der Waals surface area (Å²) < 4.78 is 32.0. The van der Waals surface area contributed by atoms with E-state index in [2.05, 4.69) is 10.3 Å². The zero-order valence-corrected chi connectivity index (χ0v) is 16.5. The van der Waals surface area contributed by atoms with Crippen molar-refractivity contribution in [3.63, 3.8) is 0 Å². The number of rotatable bonds is 6. The Morgan fingerprint density at radius 1 is 0.967 bits per heavy atom. The van der Waals surface area contributed by atoms with Gasteiger partial charge in [0.05, 0.1) is 0 Å². The maximum atomic E-state index is 13.3. The van der Waals surface area contributed by atoms with Crippen molar-refractivity contribution in [1.82, 2.24) is 4.98 Å². The van der Waals surface area contributed by atoms with Crippen LogP contribution in [0.5, 0.6) is 5.75 Å². The Labute approximate surface area is 175 Å². The Balaban J connectivity index is 1.44. The third-order valence-corrected chi connectivity index (χ3v) is 5.11. The smallest absolute Gasteiger partial charge is 0.275 e. The van der Waals surface area contributed by atoms with Crippen LogP contribution in [0.3, 0.4) is 0 Å². The lowest BCUT2D eigenvalue weighted by Gasteiger charge is -2.07. The summed E-state index contributed by atoms with van der Waals surface area (Å²) in [5.41, 5.74) is 2.29. The average Bonchev–Trinajstić information content (AvgIpc) is 3.25. The first-order chi connectivity index (χ1) is 14.6. The summed E-state index contributed by atoms with van der Waals surface area (Å²) in [5.74, 6) is -0.436. The Morgan fingerprint density at radius 2 is 1.77 bits per heavy atom. The summed E-state index contributed by atoms with van der Waals surface area (Å²) in [7, 11) is 0. The van der Waals surface area contributed by atoms with Gasteiger partial charge < -0.3 is 10.1 Å². The molecule has 0 saturated heterocycles. The fraction of sp³-hybridized carbons (Fsp3) is 0.0435. The van der Waals surface area contributed by atoms with Crippen LogP contribution in [-0.4, -0.2) is 10.9 Å². The number of hydrogen-bond donors (Lipinski definition) is 1. The molecule has 0 bridgehead atoms. The Morgan fingerprint density at radius 3 is 2.57 bits per heavy atom. The topological polar surface area (TPSA) is 51.2 Å². The molecule has 0 fully saturated rings. The lowest BCUT2D eigenvalue weighted by Crippen LogP contribution is -2.12.